The van der Waals surface area contributed by atoms with Crippen LogP contribution in [0.25, 0.3) is 16.8 Å². The number of benzene rings is 2. The van der Waals surface area contributed by atoms with E-state index < -0.39 is 10.0 Å². The Balaban J connectivity index is 1.44. The summed E-state index contributed by atoms with van der Waals surface area (Å²) in [5, 5.41) is 7.90. The van der Waals surface area contributed by atoms with E-state index in [-0.39, 0.29) is 11.9 Å². The Kier molecular flexibility index (Phi) is 6.34. The van der Waals surface area contributed by atoms with Crippen LogP contribution in [0.5, 0.6) is 0 Å². The molecule has 1 fully saturated rings. The maximum Gasteiger partial charge on any atom is 0.245 e. The first kappa shape index (κ1) is 24.7. The molecule has 37 heavy (non-hydrogen) atoms. The first-order valence-electron chi connectivity index (χ1n) is 11.8. The fourth-order valence-electron chi connectivity index (χ4n) is 4.53. The van der Waals surface area contributed by atoms with Gasteiger partial charge in [0.05, 0.1) is 29.4 Å². The summed E-state index contributed by atoms with van der Waals surface area (Å²) in [7, 11) is 1.89. The quantitative estimate of drug-likeness (QED) is 0.418. The molecule has 1 saturated heterocycles. The van der Waals surface area contributed by atoms with Crippen LogP contribution >= 0.6 is 0 Å². The van der Waals surface area contributed by atoms with Gasteiger partial charge < -0.3 is 10.2 Å². The molecular weight excluding hydrogens is 490 g/mol. The molecule has 2 aromatic heterocycles. The Morgan fingerprint density at radius 3 is 2.46 bits per heavy atom. The molecule has 5 rings (SSSR count). The minimum Gasteiger partial charge on any atom is -0.343 e. The van der Waals surface area contributed by atoms with Crippen LogP contribution in [0.15, 0.2) is 66.9 Å². The number of carbonyl (C=O) groups is 1. The van der Waals surface area contributed by atoms with E-state index in [1.54, 1.807) is 27.7 Å². The van der Waals surface area contributed by atoms with Gasteiger partial charge in [-0.25, -0.2) is 17.9 Å². The van der Waals surface area contributed by atoms with Crippen molar-refractivity contribution < 1.29 is 13.2 Å². The number of nitrogens with one attached hydrogen (secondary N) is 1. The number of amides is 1. The summed E-state index contributed by atoms with van der Waals surface area (Å²) in [6.07, 6.45) is 2.89. The van der Waals surface area contributed by atoms with Gasteiger partial charge >= 0.3 is 0 Å². The molecule has 1 aliphatic heterocycles. The van der Waals surface area contributed by atoms with Gasteiger partial charge in [0.25, 0.3) is 0 Å². The van der Waals surface area contributed by atoms with Crippen LogP contribution in [0.1, 0.15) is 11.6 Å². The number of anilines is 3. The van der Waals surface area contributed by atoms with Crippen LogP contribution in [-0.2, 0) is 14.8 Å². The van der Waals surface area contributed by atoms with Crippen molar-refractivity contribution in [2.24, 2.45) is 0 Å². The molecule has 1 unspecified atom stereocenters. The van der Waals surface area contributed by atoms with Crippen LogP contribution in [0.3, 0.4) is 0 Å². The molecule has 10 nitrogen and oxygen atoms in total. The van der Waals surface area contributed by atoms with Crippen LogP contribution < -0.4 is 9.62 Å². The van der Waals surface area contributed by atoms with Crippen LogP contribution in [-0.4, -0.2) is 79.2 Å². The van der Waals surface area contributed by atoms with Crippen molar-refractivity contribution >= 4 is 38.8 Å². The predicted molar refractivity (Wildman–Crippen MR) is 144 cm³/mol. The van der Waals surface area contributed by atoms with E-state index in [4.69, 9.17) is 0 Å². The fourth-order valence-corrected chi connectivity index (χ4v) is 5.04. The molecular formula is C26H29N7O3S. The number of rotatable bonds is 6. The lowest BCUT2D eigenvalue weighted by atomic mass is 10.0. The minimum absolute atomic E-state index is 0.0881. The van der Waals surface area contributed by atoms with Gasteiger partial charge in [-0.3, -0.25) is 14.0 Å². The van der Waals surface area contributed by atoms with Crippen molar-refractivity contribution in [3.05, 3.63) is 72.4 Å². The van der Waals surface area contributed by atoms with Gasteiger partial charge in [0.15, 0.2) is 0 Å². The lowest BCUT2D eigenvalue weighted by Crippen LogP contribution is -2.48. The number of hydrogen-bond donors (Lipinski definition) is 1. The fraction of sp³-hybridized carbons (Fsp3) is 0.269. The average Bonchev–Trinajstić information content (AvgIpc) is 3.29. The smallest absolute Gasteiger partial charge is 0.245 e. The number of fused-ring (bicyclic) bond motifs is 1. The maximum absolute atomic E-state index is 12.7. The van der Waals surface area contributed by atoms with E-state index >= 15 is 0 Å². The van der Waals surface area contributed by atoms with Gasteiger partial charge in [0, 0.05) is 38.4 Å². The Morgan fingerprint density at radius 1 is 1.00 bits per heavy atom. The summed E-state index contributed by atoms with van der Waals surface area (Å²) < 4.78 is 27.4. The molecule has 4 aromatic rings. The van der Waals surface area contributed by atoms with Crippen molar-refractivity contribution in [2.45, 2.75) is 6.04 Å². The highest BCUT2D eigenvalue weighted by Gasteiger charge is 2.31. The van der Waals surface area contributed by atoms with Crippen LogP contribution in [0.4, 0.5) is 17.3 Å². The van der Waals surface area contributed by atoms with E-state index in [2.05, 4.69) is 20.3 Å². The second-order valence-electron chi connectivity index (χ2n) is 9.27. The highest BCUT2D eigenvalue weighted by molar-refractivity contribution is 7.92. The monoisotopic (exact) mass is 519 g/mol. The Bertz CT molecular complexity index is 1570. The lowest BCUT2D eigenvalue weighted by molar-refractivity contribution is -0.139. The number of sulfonamides is 1. The zero-order chi connectivity index (χ0) is 26.3. The molecule has 11 heteroatoms. The number of nitrogens with zero attached hydrogens (tertiary/aromatic N) is 6. The Hall–Kier alpha value is -3.96. The second kappa shape index (κ2) is 9.49. The molecule has 0 aliphatic carbocycles. The molecule has 192 valence electrons. The van der Waals surface area contributed by atoms with Gasteiger partial charge in [-0.1, -0.05) is 30.3 Å². The zero-order valence-electron chi connectivity index (χ0n) is 21.2. The van der Waals surface area contributed by atoms with E-state index in [1.165, 1.54) is 17.6 Å². The van der Waals surface area contributed by atoms with Crippen LogP contribution in [0.2, 0.25) is 0 Å². The molecule has 0 saturated carbocycles. The predicted octanol–water partition coefficient (Wildman–Crippen LogP) is 2.98. The largest absolute Gasteiger partial charge is 0.343 e. The second-order valence-corrected chi connectivity index (χ2v) is 11.3. The van der Waals surface area contributed by atoms with Crippen molar-refractivity contribution in [2.75, 3.05) is 50.1 Å². The molecule has 0 bridgehead atoms. The SMILES string of the molecule is CN1CCN(C)C(c2ccc(Nc3ncc4ccc(-c5ccccc5N(C)S(C)(=O)=O)n4n3)cc2)C1=O. The lowest BCUT2D eigenvalue weighted by Gasteiger charge is -2.37. The van der Waals surface area contributed by atoms with E-state index in [9.17, 15) is 13.2 Å². The molecule has 0 spiro atoms. The topological polar surface area (TPSA) is 103 Å². The number of carbonyl (C=O) groups excluding carboxylic acids is 1. The number of hydrogen-bond acceptors (Lipinski definition) is 7. The zero-order valence-corrected chi connectivity index (χ0v) is 22.0. The molecule has 0 radical (unpaired) electrons. The normalized spacial score (nSPS) is 16.8. The highest BCUT2D eigenvalue weighted by Crippen LogP contribution is 2.32. The third kappa shape index (κ3) is 4.75. The molecule has 3 heterocycles. The minimum atomic E-state index is -3.44. The van der Waals surface area contributed by atoms with Gasteiger partial charge in [0.2, 0.25) is 21.9 Å². The molecule has 1 N–H and O–H groups in total. The standard InChI is InChI=1S/C26H29N7O3S/c1-30-15-16-31(2)25(34)24(30)18-9-11-19(12-10-18)28-26-27-17-20-13-14-23(33(20)29-26)21-7-5-6-8-22(21)32(3)37(4,35)36/h5-14,17,24H,15-16H2,1-4H3,(H,28,29). The maximum atomic E-state index is 12.7. The van der Waals surface area contributed by atoms with Gasteiger partial charge in [-0.15, -0.1) is 5.10 Å². The van der Waals surface area contributed by atoms with E-state index in [0.29, 0.717) is 11.6 Å². The summed E-state index contributed by atoms with van der Waals surface area (Å²) in [6.45, 7) is 1.55. The van der Waals surface area contributed by atoms with Crippen molar-refractivity contribution in [1.29, 1.82) is 0 Å². The molecule has 2 aromatic carbocycles. The molecule has 1 atom stereocenters. The van der Waals surface area contributed by atoms with E-state index in [0.717, 1.165) is 41.1 Å². The summed E-state index contributed by atoms with van der Waals surface area (Å²) in [5.74, 6) is 0.474. The highest BCUT2D eigenvalue weighted by atomic mass is 32.2. The number of aromatic nitrogens is 3. The summed E-state index contributed by atoms with van der Waals surface area (Å²) in [5.41, 5.74) is 4.52. The number of piperazine rings is 1. The van der Waals surface area contributed by atoms with Crippen molar-refractivity contribution in [3.8, 4) is 11.3 Å². The molecule has 1 aliphatic rings. The average molecular weight is 520 g/mol. The number of likely N-dealkylation sites (N-methyl/N-ethyl adjacent to an activating group) is 2. The summed E-state index contributed by atoms with van der Waals surface area (Å²) in [6, 6.07) is 18.5. The van der Waals surface area contributed by atoms with Crippen LogP contribution in [0, 0.1) is 0 Å². The van der Waals surface area contributed by atoms with Gasteiger partial charge in [-0.2, -0.15) is 0 Å². The summed E-state index contributed by atoms with van der Waals surface area (Å²) in [4.78, 5) is 21.0. The molecule has 1 amide bonds. The summed E-state index contributed by atoms with van der Waals surface area (Å²) >= 11 is 0. The Labute approximate surface area is 216 Å². The van der Waals surface area contributed by atoms with E-state index in [1.807, 2.05) is 62.6 Å². The van der Waals surface area contributed by atoms with Gasteiger partial charge in [-0.05, 0) is 42.9 Å². The number of para-hydroxylation sites is 1. The van der Waals surface area contributed by atoms with Crippen molar-refractivity contribution in [1.82, 2.24) is 24.4 Å². The Morgan fingerprint density at radius 2 is 1.73 bits per heavy atom. The van der Waals surface area contributed by atoms with Crippen molar-refractivity contribution in [3.63, 3.8) is 0 Å². The van der Waals surface area contributed by atoms with Gasteiger partial charge in [0.1, 0.15) is 6.04 Å². The first-order valence-corrected chi connectivity index (χ1v) is 13.7. The first-order chi connectivity index (χ1) is 17.6. The third-order valence-electron chi connectivity index (χ3n) is 6.74. The third-order valence-corrected chi connectivity index (χ3v) is 7.93.